The van der Waals surface area contributed by atoms with E-state index in [4.69, 9.17) is 4.74 Å². The van der Waals surface area contributed by atoms with Crippen LogP contribution in [0.2, 0.25) is 0 Å². The lowest BCUT2D eigenvalue weighted by molar-refractivity contribution is -0.137. The van der Waals surface area contributed by atoms with Crippen LogP contribution in [0.15, 0.2) is 0 Å². The van der Waals surface area contributed by atoms with Crippen LogP contribution in [0.1, 0.15) is 39.5 Å². The second kappa shape index (κ2) is 8.15. The van der Waals surface area contributed by atoms with Crippen molar-refractivity contribution in [1.29, 1.82) is 0 Å². The number of likely N-dealkylation sites (tertiary alicyclic amines) is 1. The summed E-state index contributed by atoms with van der Waals surface area (Å²) in [5, 5.41) is 2.93. The van der Waals surface area contributed by atoms with Crippen LogP contribution in [0.3, 0.4) is 0 Å². The van der Waals surface area contributed by atoms with E-state index in [0.29, 0.717) is 0 Å². The van der Waals surface area contributed by atoms with Crippen LogP contribution in [-0.2, 0) is 14.3 Å². The zero-order valence-corrected chi connectivity index (χ0v) is 12.3. The van der Waals surface area contributed by atoms with Crippen LogP contribution in [0.5, 0.6) is 0 Å². The van der Waals surface area contributed by atoms with Gasteiger partial charge >= 0.3 is 0 Å². The summed E-state index contributed by atoms with van der Waals surface area (Å²) in [7, 11) is 1.51. The summed E-state index contributed by atoms with van der Waals surface area (Å²) in [4.78, 5) is 25.6. The van der Waals surface area contributed by atoms with Crippen molar-refractivity contribution < 1.29 is 14.3 Å². The third-order valence-electron chi connectivity index (χ3n) is 3.78. The molecule has 2 amide bonds. The second-order valence-corrected chi connectivity index (χ2v) is 5.11. The minimum atomic E-state index is -0.0766. The number of hydrogen-bond acceptors (Lipinski definition) is 3. The molecule has 19 heavy (non-hydrogen) atoms. The fourth-order valence-electron chi connectivity index (χ4n) is 2.54. The molecule has 0 saturated carbocycles. The Labute approximate surface area is 115 Å². The molecule has 0 aliphatic carbocycles. The van der Waals surface area contributed by atoms with Gasteiger partial charge in [0.05, 0.1) is 0 Å². The standard InChI is InChI=1S/C14H26N2O3/c1-4-11(5-2)14(18)16-8-6-12(7-9-16)15-13(17)10-19-3/h11-12H,4-10H2,1-3H3,(H,15,17). The Bertz CT molecular complexity index is 295. The Kier molecular flexibility index (Phi) is 6.84. The number of amides is 2. The maximum Gasteiger partial charge on any atom is 0.246 e. The molecule has 5 heteroatoms. The lowest BCUT2D eigenvalue weighted by atomic mass is 9.98. The molecule has 0 aromatic rings. The summed E-state index contributed by atoms with van der Waals surface area (Å²) >= 11 is 0. The van der Waals surface area contributed by atoms with E-state index in [-0.39, 0.29) is 30.4 Å². The fourth-order valence-corrected chi connectivity index (χ4v) is 2.54. The summed E-state index contributed by atoms with van der Waals surface area (Å²) in [5.41, 5.74) is 0. The third kappa shape index (κ3) is 4.82. The number of piperidine rings is 1. The zero-order valence-electron chi connectivity index (χ0n) is 12.3. The molecular weight excluding hydrogens is 244 g/mol. The smallest absolute Gasteiger partial charge is 0.246 e. The molecule has 0 aromatic carbocycles. The van der Waals surface area contributed by atoms with Crippen molar-refractivity contribution in [2.24, 2.45) is 5.92 Å². The lowest BCUT2D eigenvalue weighted by Gasteiger charge is -2.34. The zero-order chi connectivity index (χ0) is 14.3. The van der Waals surface area contributed by atoms with Gasteiger partial charge in [-0.1, -0.05) is 13.8 Å². The van der Waals surface area contributed by atoms with Gasteiger partial charge in [0.15, 0.2) is 0 Å². The van der Waals surface area contributed by atoms with E-state index < -0.39 is 0 Å². The molecule has 0 atom stereocenters. The van der Waals surface area contributed by atoms with Gasteiger partial charge in [0.2, 0.25) is 11.8 Å². The predicted octanol–water partition coefficient (Wildman–Crippen LogP) is 1.18. The molecule has 1 aliphatic rings. The maximum atomic E-state index is 12.2. The van der Waals surface area contributed by atoms with E-state index in [1.54, 1.807) is 0 Å². The monoisotopic (exact) mass is 270 g/mol. The Balaban J connectivity index is 2.36. The highest BCUT2D eigenvalue weighted by molar-refractivity contribution is 5.79. The van der Waals surface area contributed by atoms with Gasteiger partial charge in [-0.05, 0) is 25.7 Å². The van der Waals surface area contributed by atoms with E-state index in [9.17, 15) is 9.59 Å². The normalized spacial score (nSPS) is 16.7. The summed E-state index contributed by atoms with van der Waals surface area (Å²) < 4.78 is 4.79. The van der Waals surface area contributed by atoms with E-state index in [1.807, 2.05) is 4.90 Å². The Morgan fingerprint density at radius 1 is 1.26 bits per heavy atom. The Morgan fingerprint density at radius 2 is 1.84 bits per heavy atom. The van der Waals surface area contributed by atoms with Gasteiger partial charge in [-0.2, -0.15) is 0 Å². The molecule has 1 saturated heterocycles. The van der Waals surface area contributed by atoms with Crippen LogP contribution >= 0.6 is 0 Å². The first kappa shape index (κ1) is 16.0. The molecule has 1 N–H and O–H groups in total. The SMILES string of the molecule is CCC(CC)C(=O)N1CCC(NC(=O)COC)CC1. The topological polar surface area (TPSA) is 58.6 Å². The van der Waals surface area contributed by atoms with Gasteiger partial charge in [0.25, 0.3) is 0 Å². The van der Waals surface area contributed by atoms with Crippen LogP contribution in [0.25, 0.3) is 0 Å². The van der Waals surface area contributed by atoms with Crippen molar-refractivity contribution in [2.75, 3.05) is 26.8 Å². The number of carbonyl (C=O) groups is 2. The number of nitrogens with one attached hydrogen (secondary N) is 1. The molecule has 110 valence electrons. The molecule has 0 radical (unpaired) electrons. The number of methoxy groups -OCH3 is 1. The molecule has 1 fully saturated rings. The Hall–Kier alpha value is -1.10. The highest BCUT2D eigenvalue weighted by Crippen LogP contribution is 2.17. The molecule has 5 nitrogen and oxygen atoms in total. The molecular formula is C14H26N2O3. The minimum absolute atomic E-state index is 0.0766. The fraction of sp³-hybridized carbons (Fsp3) is 0.857. The molecule has 1 heterocycles. The number of rotatable bonds is 6. The summed E-state index contributed by atoms with van der Waals surface area (Å²) in [6.07, 6.45) is 3.47. The summed E-state index contributed by atoms with van der Waals surface area (Å²) in [6.45, 7) is 5.71. The van der Waals surface area contributed by atoms with Crippen LogP contribution in [0, 0.1) is 5.92 Å². The van der Waals surface area contributed by atoms with E-state index in [2.05, 4.69) is 19.2 Å². The van der Waals surface area contributed by atoms with E-state index in [1.165, 1.54) is 7.11 Å². The second-order valence-electron chi connectivity index (χ2n) is 5.11. The van der Waals surface area contributed by atoms with Crippen molar-refractivity contribution >= 4 is 11.8 Å². The van der Waals surface area contributed by atoms with Crippen molar-refractivity contribution in [3.8, 4) is 0 Å². The van der Waals surface area contributed by atoms with E-state index in [0.717, 1.165) is 38.8 Å². The predicted molar refractivity (Wildman–Crippen MR) is 73.7 cm³/mol. The lowest BCUT2D eigenvalue weighted by Crippen LogP contribution is -2.48. The van der Waals surface area contributed by atoms with Crippen LogP contribution in [-0.4, -0.2) is 49.6 Å². The van der Waals surface area contributed by atoms with Crippen molar-refractivity contribution in [3.05, 3.63) is 0 Å². The van der Waals surface area contributed by atoms with Crippen molar-refractivity contribution in [2.45, 2.75) is 45.6 Å². The van der Waals surface area contributed by atoms with Gasteiger partial charge in [-0.15, -0.1) is 0 Å². The number of hydrogen-bond donors (Lipinski definition) is 1. The first-order chi connectivity index (χ1) is 9.12. The largest absolute Gasteiger partial charge is 0.375 e. The van der Waals surface area contributed by atoms with Gasteiger partial charge < -0.3 is 15.0 Å². The number of carbonyl (C=O) groups excluding carboxylic acids is 2. The third-order valence-corrected chi connectivity index (χ3v) is 3.78. The van der Waals surface area contributed by atoms with Gasteiger partial charge in [-0.25, -0.2) is 0 Å². The molecule has 0 aromatic heterocycles. The van der Waals surface area contributed by atoms with Crippen LogP contribution in [0.4, 0.5) is 0 Å². The van der Waals surface area contributed by atoms with Crippen LogP contribution < -0.4 is 5.32 Å². The van der Waals surface area contributed by atoms with Crippen molar-refractivity contribution in [1.82, 2.24) is 10.2 Å². The molecule has 1 rings (SSSR count). The highest BCUT2D eigenvalue weighted by atomic mass is 16.5. The maximum absolute atomic E-state index is 12.2. The molecule has 0 spiro atoms. The Morgan fingerprint density at radius 3 is 2.32 bits per heavy atom. The number of nitrogens with zero attached hydrogens (tertiary/aromatic N) is 1. The molecule has 1 aliphatic heterocycles. The first-order valence-corrected chi connectivity index (χ1v) is 7.19. The summed E-state index contributed by atoms with van der Waals surface area (Å²) in [5.74, 6) is 0.346. The number of ether oxygens (including phenoxy) is 1. The summed E-state index contributed by atoms with van der Waals surface area (Å²) in [6, 6.07) is 0.174. The van der Waals surface area contributed by atoms with Gasteiger partial charge in [-0.3, -0.25) is 9.59 Å². The van der Waals surface area contributed by atoms with Gasteiger partial charge in [0, 0.05) is 32.2 Å². The quantitative estimate of drug-likeness (QED) is 0.788. The minimum Gasteiger partial charge on any atom is -0.375 e. The average molecular weight is 270 g/mol. The highest BCUT2D eigenvalue weighted by Gasteiger charge is 2.26. The van der Waals surface area contributed by atoms with Crippen molar-refractivity contribution in [3.63, 3.8) is 0 Å². The molecule has 0 bridgehead atoms. The van der Waals surface area contributed by atoms with Gasteiger partial charge in [0.1, 0.15) is 6.61 Å². The van der Waals surface area contributed by atoms with E-state index >= 15 is 0 Å². The average Bonchev–Trinajstić information content (AvgIpc) is 2.41. The molecule has 0 unspecified atom stereocenters. The first-order valence-electron chi connectivity index (χ1n) is 7.19.